The number of aromatic nitrogens is 1. The summed E-state index contributed by atoms with van der Waals surface area (Å²) in [7, 11) is 0. The van der Waals surface area contributed by atoms with E-state index in [4.69, 9.17) is 9.47 Å². The molecule has 2 aromatic rings. The average Bonchev–Trinajstić information content (AvgIpc) is 3.27. The number of nitrogens with one attached hydrogen (secondary N) is 1. The Balaban J connectivity index is 1.37. The molecule has 0 aliphatic carbocycles. The number of hydrogen-bond acceptors (Lipinski definition) is 4. The Kier molecular flexibility index (Phi) is 12.4. The second kappa shape index (κ2) is 15.2. The monoisotopic (exact) mass is 541 g/mol. The summed E-state index contributed by atoms with van der Waals surface area (Å²) in [6, 6.07) is 6.41. The van der Waals surface area contributed by atoms with E-state index in [1.807, 2.05) is 6.20 Å². The zero-order valence-corrected chi connectivity index (χ0v) is 25.4. The molecule has 2 N–H and O–H groups in total. The van der Waals surface area contributed by atoms with Crippen LogP contribution in [0.25, 0.3) is 10.9 Å². The number of epoxide rings is 1. The number of aromatic amines is 1. The number of H-pyrrole nitrogens is 1. The fraction of sp³-hybridized carbons (Fsp3) is 0.735. The van der Waals surface area contributed by atoms with Crippen LogP contribution in [0.5, 0.6) is 0 Å². The van der Waals surface area contributed by atoms with Crippen LogP contribution in [0.3, 0.4) is 0 Å². The largest absolute Gasteiger partial charge is 0.465 e. The van der Waals surface area contributed by atoms with Gasteiger partial charge in [0.25, 0.3) is 0 Å². The van der Waals surface area contributed by atoms with Crippen LogP contribution in [-0.4, -0.2) is 40.0 Å². The molecule has 1 saturated heterocycles. The van der Waals surface area contributed by atoms with Gasteiger partial charge in [0.05, 0.1) is 17.3 Å². The van der Waals surface area contributed by atoms with Crippen molar-refractivity contribution in [1.82, 2.24) is 4.98 Å². The quantitative estimate of drug-likeness (QED) is 0.0998. The number of aliphatic hydroxyl groups is 1. The molecule has 1 aromatic heterocycles. The highest BCUT2D eigenvalue weighted by atomic mass is 16.6. The maximum Gasteiger partial charge on any atom is 0.305 e. The van der Waals surface area contributed by atoms with Gasteiger partial charge in [-0.25, -0.2) is 0 Å². The third kappa shape index (κ3) is 10.6. The molecule has 0 saturated carbocycles. The van der Waals surface area contributed by atoms with E-state index in [-0.39, 0.29) is 30.2 Å². The fourth-order valence-corrected chi connectivity index (χ4v) is 5.65. The van der Waals surface area contributed by atoms with Crippen molar-refractivity contribution in [1.29, 1.82) is 0 Å². The lowest BCUT2D eigenvalue weighted by Gasteiger charge is -2.29. The highest BCUT2D eigenvalue weighted by Gasteiger charge is 2.47. The molecule has 0 unspecified atom stereocenters. The van der Waals surface area contributed by atoms with Gasteiger partial charge in [-0.3, -0.25) is 4.79 Å². The maximum atomic E-state index is 12.5. The van der Waals surface area contributed by atoms with Crippen LogP contribution in [0.4, 0.5) is 0 Å². The number of unbranched alkanes of at least 4 members (excludes halogenated alkanes) is 12. The minimum atomic E-state index is -1.03. The number of carbonyl (C=O) groups excluding carboxylic acids is 1. The van der Waals surface area contributed by atoms with Gasteiger partial charge in [0, 0.05) is 35.9 Å². The van der Waals surface area contributed by atoms with E-state index in [9.17, 15) is 9.90 Å². The molecule has 0 spiro atoms. The number of benzene rings is 1. The van der Waals surface area contributed by atoms with Crippen molar-refractivity contribution in [2.45, 2.75) is 154 Å². The zero-order chi connectivity index (χ0) is 28.3. The molecule has 1 aliphatic rings. The number of ether oxygens (including phenoxy) is 2. The number of carbonyl (C=O) groups is 1. The molecule has 1 aliphatic heterocycles. The van der Waals surface area contributed by atoms with Gasteiger partial charge in [-0.05, 0) is 57.4 Å². The second-order valence-corrected chi connectivity index (χ2v) is 12.9. The molecule has 5 heteroatoms. The van der Waals surface area contributed by atoms with Crippen LogP contribution in [-0.2, 0) is 20.7 Å². The van der Waals surface area contributed by atoms with E-state index < -0.39 is 5.60 Å². The molecule has 0 radical (unpaired) electrons. The van der Waals surface area contributed by atoms with Crippen molar-refractivity contribution < 1.29 is 19.4 Å². The third-order valence-electron chi connectivity index (χ3n) is 8.49. The first kappa shape index (κ1) is 31.7. The molecule has 0 bridgehead atoms. The van der Waals surface area contributed by atoms with Gasteiger partial charge >= 0.3 is 5.97 Å². The van der Waals surface area contributed by atoms with Crippen LogP contribution < -0.4 is 0 Å². The highest BCUT2D eigenvalue weighted by Crippen LogP contribution is 2.39. The number of esters is 1. The molecule has 0 amide bonds. The van der Waals surface area contributed by atoms with Crippen LogP contribution in [0.2, 0.25) is 0 Å². The van der Waals surface area contributed by atoms with Crippen molar-refractivity contribution in [3.8, 4) is 0 Å². The van der Waals surface area contributed by atoms with Crippen molar-refractivity contribution in [3.63, 3.8) is 0 Å². The standard InChI is InChI=1S/C34H55NO4/c1-6-7-8-9-10-11-12-13-14-15-16-17-18-19-32(36)38-25-29(33(2,3)37)28-24-35-30-21-20-26(22-27(28)30)23-31-34(4,5)39-31/h20-22,24,29,31,35,37H,6-19,23,25H2,1-5H3/t29-,31+/m1/s1. The first-order chi connectivity index (χ1) is 18.6. The maximum absolute atomic E-state index is 12.5. The van der Waals surface area contributed by atoms with E-state index in [1.54, 1.807) is 13.8 Å². The predicted octanol–water partition coefficient (Wildman–Crippen LogP) is 8.77. The Morgan fingerprint density at radius 1 is 1.00 bits per heavy atom. The normalized spacial score (nSPS) is 17.4. The smallest absolute Gasteiger partial charge is 0.305 e. The Morgan fingerprint density at radius 3 is 2.10 bits per heavy atom. The van der Waals surface area contributed by atoms with Gasteiger partial charge in [-0.1, -0.05) is 90.0 Å². The summed E-state index contributed by atoms with van der Waals surface area (Å²) >= 11 is 0. The van der Waals surface area contributed by atoms with Crippen LogP contribution in [0, 0.1) is 0 Å². The molecule has 220 valence electrons. The number of rotatable bonds is 20. The summed E-state index contributed by atoms with van der Waals surface area (Å²) in [5, 5.41) is 12.1. The Morgan fingerprint density at radius 2 is 1.56 bits per heavy atom. The number of fused-ring (bicyclic) bond motifs is 1. The van der Waals surface area contributed by atoms with Gasteiger partial charge in [0.2, 0.25) is 0 Å². The summed E-state index contributed by atoms with van der Waals surface area (Å²) in [5.74, 6) is -0.480. The highest BCUT2D eigenvalue weighted by molar-refractivity contribution is 5.84. The van der Waals surface area contributed by atoms with Crippen molar-refractivity contribution in [2.24, 2.45) is 0 Å². The van der Waals surface area contributed by atoms with Crippen LogP contribution in [0.1, 0.15) is 142 Å². The Labute approximate surface area is 237 Å². The van der Waals surface area contributed by atoms with E-state index >= 15 is 0 Å². The summed E-state index contributed by atoms with van der Waals surface area (Å²) < 4.78 is 11.5. The van der Waals surface area contributed by atoms with E-state index in [1.165, 1.54) is 76.2 Å². The van der Waals surface area contributed by atoms with Gasteiger partial charge in [0.15, 0.2) is 0 Å². The Hall–Kier alpha value is -1.85. The van der Waals surface area contributed by atoms with Gasteiger partial charge < -0.3 is 19.6 Å². The minimum Gasteiger partial charge on any atom is -0.465 e. The number of hydrogen-bond donors (Lipinski definition) is 2. The minimum absolute atomic E-state index is 0.0486. The molecule has 1 fully saturated rings. The van der Waals surface area contributed by atoms with E-state index in [0.29, 0.717) is 6.42 Å². The molecular weight excluding hydrogens is 486 g/mol. The van der Waals surface area contributed by atoms with Crippen molar-refractivity contribution in [3.05, 3.63) is 35.5 Å². The molecule has 5 nitrogen and oxygen atoms in total. The van der Waals surface area contributed by atoms with Gasteiger partial charge in [-0.15, -0.1) is 0 Å². The molecule has 39 heavy (non-hydrogen) atoms. The van der Waals surface area contributed by atoms with Crippen LogP contribution >= 0.6 is 0 Å². The SMILES string of the molecule is CCCCCCCCCCCCCCCC(=O)OC[C@H](c1c[nH]c2ccc(C[C@@H]3OC3(C)C)cc12)C(C)(C)O. The van der Waals surface area contributed by atoms with Gasteiger partial charge in [0.1, 0.15) is 6.61 Å². The van der Waals surface area contributed by atoms with Crippen LogP contribution in [0.15, 0.2) is 24.4 Å². The third-order valence-corrected chi connectivity index (χ3v) is 8.49. The van der Waals surface area contributed by atoms with Gasteiger partial charge in [-0.2, -0.15) is 0 Å². The lowest BCUT2D eigenvalue weighted by molar-refractivity contribution is -0.145. The lowest BCUT2D eigenvalue weighted by atomic mass is 9.85. The zero-order valence-electron chi connectivity index (χ0n) is 25.4. The molecule has 2 atom stereocenters. The summed E-state index contributed by atoms with van der Waals surface area (Å²) in [6.07, 6.45) is 20.2. The fourth-order valence-electron chi connectivity index (χ4n) is 5.65. The first-order valence-electron chi connectivity index (χ1n) is 15.8. The van der Waals surface area contributed by atoms with Crippen molar-refractivity contribution >= 4 is 16.9 Å². The molecule has 2 heterocycles. The summed E-state index contributed by atoms with van der Waals surface area (Å²) in [5.41, 5.74) is 2.16. The topological polar surface area (TPSA) is 74.9 Å². The summed E-state index contributed by atoms with van der Waals surface area (Å²) in [6.45, 7) is 10.3. The van der Waals surface area contributed by atoms with E-state index in [0.717, 1.165) is 35.7 Å². The van der Waals surface area contributed by atoms with E-state index in [2.05, 4.69) is 44.0 Å². The first-order valence-corrected chi connectivity index (χ1v) is 15.8. The predicted molar refractivity (Wildman–Crippen MR) is 161 cm³/mol. The molecule has 3 rings (SSSR count). The Bertz CT molecular complexity index is 1000. The summed E-state index contributed by atoms with van der Waals surface area (Å²) in [4.78, 5) is 15.9. The molecule has 1 aromatic carbocycles. The lowest BCUT2D eigenvalue weighted by Crippen LogP contribution is -2.33. The average molecular weight is 542 g/mol. The molecular formula is C34H55NO4. The van der Waals surface area contributed by atoms with Crippen molar-refractivity contribution in [2.75, 3.05) is 6.61 Å². The second-order valence-electron chi connectivity index (χ2n) is 12.9.